The molecule has 2 amide bonds. The van der Waals surface area contributed by atoms with Crippen molar-refractivity contribution in [3.63, 3.8) is 0 Å². The molecule has 0 aliphatic heterocycles. The van der Waals surface area contributed by atoms with E-state index in [-0.39, 0.29) is 11.8 Å². The van der Waals surface area contributed by atoms with Gasteiger partial charge in [-0.25, -0.2) is 9.37 Å². The molecule has 4 aromatic rings. The molecule has 2 N–H and O–H groups in total. The van der Waals surface area contributed by atoms with Gasteiger partial charge in [0.05, 0.1) is 21.0 Å². The number of carbonyl (C=O) groups is 2. The molecule has 0 aliphatic carbocycles. The highest BCUT2D eigenvalue weighted by Gasteiger charge is 2.17. The third-order valence-corrected chi connectivity index (χ3v) is 7.42. The highest BCUT2D eigenvalue weighted by Crippen LogP contribution is 2.31. The van der Waals surface area contributed by atoms with E-state index in [0.717, 1.165) is 10.5 Å². The fourth-order valence-corrected chi connectivity index (χ4v) is 4.98. The van der Waals surface area contributed by atoms with Crippen LogP contribution in [0.25, 0.3) is 11.3 Å². The average Bonchev–Trinajstić information content (AvgIpc) is 3.30. The largest absolute Gasteiger partial charge is 0.322 e. The van der Waals surface area contributed by atoms with Gasteiger partial charge in [0.25, 0.3) is 5.91 Å². The molecule has 0 aliphatic rings. The van der Waals surface area contributed by atoms with Gasteiger partial charge in [-0.2, -0.15) is 0 Å². The summed E-state index contributed by atoms with van der Waals surface area (Å²) in [6.45, 7) is 1.79. The Kier molecular flexibility index (Phi) is 8.07. The number of halogens is 3. The van der Waals surface area contributed by atoms with Crippen LogP contribution in [0.3, 0.4) is 0 Å². The van der Waals surface area contributed by atoms with Gasteiger partial charge in [-0.15, -0.1) is 23.1 Å². The fourth-order valence-electron chi connectivity index (χ4n) is 3.04. The van der Waals surface area contributed by atoms with Crippen LogP contribution in [0.5, 0.6) is 0 Å². The molecule has 0 saturated carbocycles. The van der Waals surface area contributed by atoms with Gasteiger partial charge in [0.2, 0.25) is 5.91 Å². The van der Waals surface area contributed by atoms with Crippen LogP contribution in [0, 0.1) is 5.82 Å². The molecular formula is C25H18Cl2FN3O2S2. The normalized spacial score (nSPS) is 11.7. The molecular weight excluding hydrogens is 528 g/mol. The number of rotatable bonds is 7. The summed E-state index contributed by atoms with van der Waals surface area (Å²) in [7, 11) is 0. The summed E-state index contributed by atoms with van der Waals surface area (Å²) < 4.78 is 13.1. The predicted molar refractivity (Wildman–Crippen MR) is 142 cm³/mol. The number of benzene rings is 3. The van der Waals surface area contributed by atoms with Crippen molar-refractivity contribution < 1.29 is 14.0 Å². The van der Waals surface area contributed by atoms with Crippen LogP contribution in [0.2, 0.25) is 10.0 Å². The van der Waals surface area contributed by atoms with Gasteiger partial charge in [0.1, 0.15) is 5.82 Å². The highest BCUT2D eigenvalue weighted by molar-refractivity contribution is 8.00. The van der Waals surface area contributed by atoms with E-state index in [1.807, 2.05) is 17.5 Å². The van der Waals surface area contributed by atoms with Crippen LogP contribution in [-0.2, 0) is 4.79 Å². The van der Waals surface area contributed by atoms with Gasteiger partial charge in [-0.1, -0.05) is 35.3 Å². The first-order valence-electron chi connectivity index (χ1n) is 10.3. The molecule has 1 heterocycles. The zero-order valence-electron chi connectivity index (χ0n) is 18.2. The molecule has 10 heteroatoms. The van der Waals surface area contributed by atoms with Crippen molar-refractivity contribution in [2.45, 2.75) is 17.1 Å². The molecule has 0 bridgehead atoms. The van der Waals surface area contributed by atoms with Crippen molar-refractivity contribution in [1.82, 2.24) is 4.98 Å². The lowest BCUT2D eigenvalue weighted by atomic mass is 10.2. The number of aromatic nitrogens is 1. The van der Waals surface area contributed by atoms with Crippen LogP contribution >= 0.6 is 46.3 Å². The first-order chi connectivity index (χ1) is 16.8. The smallest absolute Gasteiger partial charge is 0.255 e. The second-order valence-corrected chi connectivity index (χ2v) is 10.5. The number of amides is 2. The second-order valence-electron chi connectivity index (χ2n) is 7.40. The number of hydrogen-bond donors (Lipinski definition) is 2. The minimum atomic E-state index is -0.421. The molecule has 178 valence electrons. The molecule has 0 fully saturated rings. The lowest BCUT2D eigenvalue weighted by Crippen LogP contribution is -2.22. The minimum absolute atomic E-state index is 0.203. The summed E-state index contributed by atoms with van der Waals surface area (Å²) in [6.07, 6.45) is 0. The Balaban J connectivity index is 1.36. The molecule has 0 saturated heterocycles. The maximum atomic E-state index is 13.1. The van der Waals surface area contributed by atoms with E-state index in [1.54, 1.807) is 37.3 Å². The SMILES string of the molecule is CC(Sc1cccc(NC(=O)c2ccc(F)cc2)c1)C(=O)Nc1nc(-c2ccc(Cl)c(Cl)c2)cs1. The Hall–Kier alpha value is -2.91. The summed E-state index contributed by atoms with van der Waals surface area (Å²) in [5.74, 6) is -0.958. The number of carbonyl (C=O) groups excluding carboxylic acids is 2. The predicted octanol–water partition coefficient (Wildman–Crippen LogP) is 7.63. The van der Waals surface area contributed by atoms with Gasteiger partial charge in [-0.3, -0.25) is 9.59 Å². The number of nitrogens with one attached hydrogen (secondary N) is 2. The summed E-state index contributed by atoms with van der Waals surface area (Å²) >= 11 is 14.7. The molecule has 1 atom stereocenters. The van der Waals surface area contributed by atoms with Crippen LogP contribution in [-0.4, -0.2) is 22.0 Å². The van der Waals surface area contributed by atoms with Gasteiger partial charge < -0.3 is 10.6 Å². The van der Waals surface area contributed by atoms with E-state index >= 15 is 0 Å². The zero-order valence-corrected chi connectivity index (χ0v) is 21.4. The van der Waals surface area contributed by atoms with E-state index < -0.39 is 11.1 Å². The summed E-state index contributed by atoms with van der Waals surface area (Å²) in [5, 5.41) is 8.41. The van der Waals surface area contributed by atoms with Gasteiger partial charge in [0, 0.05) is 27.1 Å². The summed E-state index contributed by atoms with van der Waals surface area (Å²) in [5.41, 5.74) is 2.41. The lowest BCUT2D eigenvalue weighted by molar-refractivity contribution is -0.115. The van der Waals surface area contributed by atoms with E-state index in [9.17, 15) is 14.0 Å². The monoisotopic (exact) mass is 545 g/mol. The highest BCUT2D eigenvalue weighted by atomic mass is 35.5. The molecule has 3 aromatic carbocycles. The van der Waals surface area contributed by atoms with Crippen molar-refractivity contribution >= 4 is 68.9 Å². The van der Waals surface area contributed by atoms with Gasteiger partial charge in [-0.05, 0) is 61.5 Å². The Bertz CT molecular complexity index is 1380. The van der Waals surface area contributed by atoms with E-state index in [4.69, 9.17) is 23.2 Å². The minimum Gasteiger partial charge on any atom is -0.322 e. The van der Waals surface area contributed by atoms with Crippen molar-refractivity contribution in [2.24, 2.45) is 0 Å². The molecule has 1 aromatic heterocycles. The summed E-state index contributed by atoms with van der Waals surface area (Å²) in [6, 6.07) is 17.7. The van der Waals surface area contributed by atoms with E-state index in [0.29, 0.717) is 32.1 Å². The second kappa shape index (κ2) is 11.2. The van der Waals surface area contributed by atoms with Crippen LogP contribution < -0.4 is 10.6 Å². The van der Waals surface area contributed by atoms with Crippen molar-refractivity contribution in [3.8, 4) is 11.3 Å². The van der Waals surface area contributed by atoms with Crippen LogP contribution in [0.1, 0.15) is 17.3 Å². The van der Waals surface area contributed by atoms with Crippen LogP contribution in [0.15, 0.2) is 77.0 Å². The Morgan fingerprint density at radius 2 is 1.77 bits per heavy atom. The Morgan fingerprint density at radius 3 is 2.51 bits per heavy atom. The fraction of sp³-hybridized carbons (Fsp3) is 0.0800. The average molecular weight is 546 g/mol. The van der Waals surface area contributed by atoms with E-state index in [1.165, 1.54) is 47.4 Å². The maximum Gasteiger partial charge on any atom is 0.255 e. The van der Waals surface area contributed by atoms with Gasteiger partial charge in [0.15, 0.2) is 5.13 Å². The number of nitrogens with zero attached hydrogens (tertiary/aromatic N) is 1. The van der Waals surface area contributed by atoms with E-state index in [2.05, 4.69) is 15.6 Å². The zero-order chi connectivity index (χ0) is 24.9. The number of anilines is 2. The third-order valence-electron chi connectivity index (χ3n) is 4.83. The van der Waals surface area contributed by atoms with Gasteiger partial charge >= 0.3 is 0 Å². The van der Waals surface area contributed by atoms with Crippen LogP contribution in [0.4, 0.5) is 15.2 Å². The molecule has 4 rings (SSSR count). The first-order valence-corrected chi connectivity index (χ1v) is 12.9. The molecule has 0 spiro atoms. The third kappa shape index (κ3) is 6.61. The standard InChI is InChI=1S/C25H18Cl2FN3O2S2/c1-14(23(32)31-25-30-22(13-34-25)16-7-10-20(26)21(27)11-16)35-19-4-2-3-18(12-19)29-24(33)15-5-8-17(28)9-6-15/h2-14H,1H3,(H,29,33)(H,30,31,32). The Labute approximate surface area is 219 Å². The summed E-state index contributed by atoms with van der Waals surface area (Å²) in [4.78, 5) is 30.4. The molecule has 35 heavy (non-hydrogen) atoms. The van der Waals surface area contributed by atoms with Crippen molar-refractivity contribution in [2.75, 3.05) is 10.6 Å². The molecule has 1 unspecified atom stereocenters. The molecule has 5 nitrogen and oxygen atoms in total. The lowest BCUT2D eigenvalue weighted by Gasteiger charge is -2.12. The quantitative estimate of drug-likeness (QED) is 0.234. The Morgan fingerprint density at radius 1 is 1.00 bits per heavy atom. The number of thioether (sulfide) groups is 1. The topological polar surface area (TPSA) is 71.1 Å². The maximum absolute atomic E-state index is 13.1. The molecule has 0 radical (unpaired) electrons. The number of thiazole rings is 1. The number of hydrogen-bond acceptors (Lipinski definition) is 5. The van der Waals surface area contributed by atoms with Crippen molar-refractivity contribution in [1.29, 1.82) is 0 Å². The first kappa shape index (κ1) is 25.2. The van der Waals surface area contributed by atoms with Crippen molar-refractivity contribution in [3.05, 3.63) is 93.5 Å².